The van der Waals surface area contributed by atoms with Crippen LogP contribution in [0.25, 0.3) is 5.65 Å². The molecule has 6 rings (SSSR count). The molecule has 13 nitrogen and oxygen atoms in total. The van der Waals surface area contributed by atoms with Crippen LogP contribution in [0.2, 0.25) is 0 Å². The lowest BCUT2D eigenvalue weighted by Gasteiger charge is -2.32. The molecule has 0 unspecified atom stereocenters. The third-order valence-electron chi connectivity index (χ3n) is 8.91. The van der Waals surface area contributed by atoms with Crippen LogP contribution in [0.5, 0.6) is 5.75 Å². The second-order valence-electron chi connectivity index (χ2n) is 15.3. The number of amides is 3. The summed E-state index contributed by atoms with van der Waals surface area (Å²) in [5.74, 6) is 1.53. The van der Waals surface area contributed by atoms with E-state index in [0.29, 0.717) is 44.8 Å². The number of carbonyl (C=O) groups is 2. The van der Waals surface area contributed by atoms with Crippen molar-refractivity contribution >= 4 is 23.4 Å². The molecule has 3 N–H and O–H groups in total. The minimum absolute atomic E-state index is 0.0212. The Morgan fingerprint density at radius 2 is 1.72 bits per heavy atom. The first-order valence-corrected chi connectivity index (χ1v) is 17.5. The van der Waals surface area contributed by atoms with Crippen LogP contribution < -0.4 is 20.7 Å². The highest BCUT2D eigenvalue weighted by Crippen LogP contribution is 2.39. The number of fused-ring (bicyclic) bond motifs is 2. The maximum atomic E-state index is 13.4. The monoisotopic (exact) mass is 683 g/mol. The van der Waals surface area contributed by atoms with Gasteiger partial charge in [-0.15, -0.1) is 10.2 Å². The Kier molecular flexibility index (Phi) is 10.4. The molecule has 1 fully saturated rings. The Morgan fingerprint density at radius 1 is 0.960 bits per heavy atom. The molecule has 0 radical (unpaired) electrons. The summed E-state index contributed by atoms with van der Waals surface area (Å²) in [6, 6.07) is 13.0. The average Bonchev–Trinajstić information content (AvgIpc) is 3.46. The fourth-order valence-electron chi connectivity index (χ4n) is 6.31. The van der Waals surface area contributed by atoms with Gasteiger partial charge in [0.05, 0.1) is 31.1 Å². The van der Waals surface area contributed by atoms with Crippen molar-refractivity contribution in [2.45, 2.75) is 78.4 Å². The Labute approximate surface area is 293 Å². The molecule has 4 aromatic rings. The summed E-state index contributed by atoms with van der Waals surface area (Å²) in [6.45, 7) is 16.8. The molecule has 2 atom stereocenters. The lowest BCUT2D eigenvalue weighted by Crippen LogP contribution is -2.41. The second kappa shape index (κ2) is 14.7. The van der Waals surface area contributed by atoms with E-state index in [9.17, 15) is 9.59 Å². The minimum atomic E-state index is -0.411. The van der Waals surface area contributed by atoms with E-state index in [2.05, 4.69) is 67.9 Å². The third kappa shape index (κ3) is 8.75. The number of aromatic nitrogens is 5. The summed E-state index contributed by atoms with van der Waals surface area (Å²) >= 11 is 0. The minimum Gasteiger partial charge on any atom is -0.484 e. The van der Waals surface area contributed by atoms with Crippen LogP contribution in [0.15, 0.2) is 48.7 Å². The highest BCUT2D eigenvalue weighted by atomic mass is 16.5. The smallest absolute Gasteiger partial charge is 0.320 e. The fourth-order valence-corrected chi connectivity index (χ4v) is 6.31. The first-order chi connectivity index (χ1) is 23.8. The molecule has 1 saturated heterocycles. The molecule has 266 valence electrons. The van der Waals surface area contributed by atoms with Gasteiger partial charge in [-0.05, 0) is 41.5 Å². The Hall–Kier alpha value is -4.62. The predicted octanol–water partition coefficient (Wildman–Crippen LogP) is 5.24. The van der Waals surface area contributed by atoms with Crippen molar-refractivity contribution in [3.8, 4) is 5.75 Å². The lowest BCUT2D eigenvalue weighted by molar-refractivity contribution is 0.0383. The Morgan fingerprint density at radius 3 is 2.46 bits per heavy atom. The molecule has 1 aliphatic carbocycles. The van der Waals surface area contributed by atoms with Crippen LogP contribution in [-0.2, 0) is 16.6 Å². The van der Waals surface area contributed by atoms with Gasteiger partial charge in [-0.3, -0.25) is 19.4 Å². The Balaban J connectivity index is 1.13. The topological polar surface area (TPSA) is 148 Å². The van der Waals surface area contributed by atoms with Gasteiger partial charge in [-0.1, -0.05) is 65.8 Å². The van der Waals surface area contributed by atoms with Gasteiger partial charge in [0.25, 0.3) is 5.91 Å². The fraction of sp³-hybridized carbons (Fsp3) is 0.514. The maximum absolute atomic E-state index is 13.4. The zero-order chi connectivity index (χ0) is 35.5. The van der Waals surface area contributed by atoms with Crippen molar-refractivity contribution in [2.75, 3.05) is 44.7 Å². The van der Waals surface area contributed by atoms with Gasteiger partial charge in [0.1, 0.15) is 23.5 Å². The lowest BCUT2D eigenvalue weighted by atomic mass is 9.85. The molecule has 1 aliphatic heterocycles. The van der Waals surface area contributed by atoms with Crippen LogP contribution in [-0.4, -0.2) is 80.8 Å². The van der Waals surface area contributed by atoms with Gasteiger partial charge in [-0.2, -0.15) is 0 Å². The molecule has 0 saturated carbocycles. The third-order valence-corrected chi connectivity index (χ3v) is 8.91. The highest BCUT2D eigenvalue weighted by molar-refractivity contribution is 5.92. The molecule has 0 spiro atoms. The number of pyridine rings is 1. The van der Waals surface area contributed by atoms with Gasteiger partial charge < -0.3 is 20.1 Å². The van der Waals surface area contributed by atoms with Crippen molar-refractivity contribution in [1.29, 1.82) is 0 Å². The number of ether oxygens (including phenoxy) is 2. The van der Waals surface area contributed by atoms with Crippen molar-refractivity contribution in [1.82, 2.24) is 40.1 Å². The normalized spacial score (nSPS) is 18.4. The van der Waals surface area contributed by atoms with E-state index in [1.54, 1.807) is 6.07 Å². The van der Waals surface area contributed by atoms with Crippen LogP contribution >= 0.6 is 0 Å². The van der Waals surface area contributed by atoms with Crippen molar-refractivity contribution in [2.24, 2.45) is 5.41 Å². The van der Waals surface area contributed by atoms with Gasteiger partial charge in [0, 0.05) is 44.1 Å². The summed E-state index contributed by atoms with van der Waals surface area (Å²) in [5, 5.41) is 17.7. The first kappa shape index (κ1) is 35.2. The number of rotatable bonds is 9. The molecule has 1 aromatic carbocycles. The second-order valence-corrected chi connectivity index (χ2v) is 15.3. The van der Waals surface area contributed by atoms with Crippen LogP contribution in [0.3, 0.4) is 0 Å². The molecule has 3 aromatic heterocycles. The number of urea groups is 1. The van der Waals surface area contributed by atoms with E-state index in [0.717, 1.165) is 47.9 Å². The molecule has 13 heteroatoms. The maximum Gasteiger partial charge on any atom is 0.320 e. The van der Waals surface area contributed by atoms with Gasteiger partial charge in [0.15, 0.2) is 5.65 Å². The molecule has 3 amide bonds. The molecular formula is C37H49N9O4. The number of carbonyl (C=O) groups excluding carboxylic acids is 2. The van der Waals surface area contributed by atoms with Gasteiger partial charge in [-0.25, -0.2) is 14.8 Å². The van der Waals surface area contributed by atoms with Crippen LogP contribution in [0, 0.1) is 5.41 Å². The van der Waals surface area contributed by atoms with Gasteiger partial charge in [0.2, 0.25) is 5.82 Å². The Bertz CT molecular complexity index is 1820. The molecular weight excluding hydrogens is 634 g/mol. The van der Waals surface area contributed by atoms with E-state index < -0.39 is 6.03 Å². The number of nitrogens with zero attached hydrogens (tertiary/aromatic N) is 6. The molecule has 4 heterocycles. The van der Waals surface area contributed by atoms with Crippen molar-refractivity contribution in [3.05, 3.63) is 77.1 Å². The SMILES string of the molecule is CC(C)(C)Cc1nnc2ccc(O[C@@H]3CC[C@H](NC(=O)Nc4cc(C(C)(C)C)nc(C(=O)NCCN5CCOCC5)n4)c4ccccc43)cn12. The summed E-state index contributed by atoms with van der Waals surface area (Å²) in [5.41, 5.74) is 3.15. The zero-order valence-electron chi connectivity index (χ0n) is 30.0. The van der Waals surface area contributed by atoms with Crippen LogP contribution in [0.1, 0.15) is 99.8 Å². The molecule has 50 heavy (non-hydrogen) atoms. The first-order valence-electron chi connectivity index (χ1n) is 17.5. The number of nitrogens with one attached hydrogen (secondary N) is 3. The summed E-state index contributed by atoms with van der Waals surface area (Å²) < 4.78 is 14.0. The number of hydrogen-bond acceptors (Lipinski definition) is 9. The molecule has 0 bridgehead atoms. The largest absolute Gasteiger partial charge is 0.484 e. The average molecular weight is 684 g/mol. The van der Waals surface area contributed by atoms with E-state index in [1.165, 1.54) is 0 Å². The molecule has 2 aliphatic rings. The summed E-state index contributed by atoms with van der Waals surface area (Å²) in [4.78, 5) is 37.8. The number of morpholine rings is 1. The van der Waals surface area contributed by atoms with Crippen LogP contribution in [0.4, 0.5) is 10.6 Å². The van der Waals surface area contributed by atoms with E-state index >= 15 is 0 Å². The highest BCUT2D eigenvalue weighted by Gasteiger charge is 2.30. The number of anilines is 1. The zero-order valence-corrected chi connectivity index (χ0v) is 30.0. The number of hydrogen-bond donors (Lipinski definition) is 3. The van der Waals surface area contributed by atoms with E-state index in [4.69, 9.17) is 9.47 Å². The van der Waals surface area contributed by atoms with E-state index in [1.807, 2.05) is 61.7 Å². The standard InChI is InChI=1S/C37H49N9O4/c1-36(2,3)22-32-44-43-31-14-11-24(23-46(31)32)50-28-13-12-27(25-9-7-8-10-26(25)28)39-35(48)42-30-21-29(37(4,5)6)40-33(41-30)34(47)38-15-16-45-17-19-49-20-18-45/h7-11,14,21,23,27-28H,12-13,15-20,22H2,1-6H3,(H,38,47)(H2,39,40,41,42,48)/t27-,28+/m0/s1. The predicted molar refractivity (Wildman–Crippen MR) is 190 cm³/mol. The summed E-state index contributed by atoms with van der Waals surface area (Å²) in [6.07, 6.45) is 3.94. The van der Waals surface area contributed by atoms with E-state index in [-0.39, 0.29) is 40.5 Å². The van der Waals surface area contributed by atoms with Crippen molar-refractivity contribution < 1.29 is 19.1 Å². The van der Waals surface area contributed by atoms with Crippen molar-refractivity contribution in [3.63, 3.8) is 0 Å². The van der Waals surface area contributed by atoms with Gasteiger partial charge >= 0.3 is 6.03 Å². The quantitative estimate of drug-likeness (QED) is 0.215. The number of benzene rings is 1. The summed E-state index contributed by atoms with van der Waals surface area (Å²) in [7, 11) is 0.